The number of rotatable bonds is 10. The summed E-state index contributed by atoms with van der Waals surface area (Å²) in [7, 11) is 4.23. The Kier molecular flexibility index (Phi) is 8.27. The molecule has 0 saturated heterocycles. The number of carboxylic acids is 1. The van der Waals surface area contributed by atoms with Gasteiger partial charge in [0.25, 0.3) is 0 Å². The zero-order valence-electron chi connectivity index (χ0n) is 21.6. The summed E-state index contributed by atoms with van der Waals surface area (Å²) in [5, 5.41) is 29.4. The van der Waals surface area contributed by atoms with E-state index < -0.39 is 12.1 Å². The largest absolute Gasteiger partial charge is 0.489 e. The number of aryl methyl sites for hydroxylation is 2. The van der Waals surface area contributed by atoms with Crippen molar-refractivity contribution in [2.75, 3.05) is 33.8 Å². The van der Waals surface area contributed by atoms with Crippen LogP contribution < -0.4 is 4.74 Å². The van der Waals surface area contributed by atoms with E-state index in [2.05, 4.69) is 38.4 Å². The number of likely N-dealkylation sites (N-methyl/N-ethyl adjacent to an activating group) is 1. The third-order valence-corrected chi connectivity index (χ3v) is 7.12. The minimum absolute atomic E-state index is 0.0800. The topological polar surface area (TPSA) is 90.6 Å². The van der Waals surface area contributed by atoms with Crippen molar-refractivity contribution in [2.24, 2.45) is 0 Å². The van der Waals surface area contributed by atoms with Gasteiger partial charge in [-0.25, -0.2) is 4.79 Å². The lowest BCUT2D eigenvalue weighted by molar-refractivity contribution is -0.893. The molecule has 0 radical (unpaired) electrons. The Morgan fingerprint density at radius 3 is 2.41 bits per heavy atom. The fourth-order valence-corrected chi connectivity index (χ4v) is 4.99. The van der Waals surface area contributed by atoms with Crippen molar-refractivity contribution >= 4 is 5.97 Å². The molecule has 0 fully saturated rings. The molecule has 1 aliphatic rings. The highest BCUT2D eigenvalue weighted by molar-refractivity contribution is 5.88. The van der Waals surface area contributed by atoms with Crippen LogP contribution in [0.25, 0.3) is 11.1 Å². The minimum atomic E-state index is -0.978. The van der Waals surface area contributed by atoms with Crippen LogP contribution in [0.3, 0.4) is 0 Å². The van der Waals surface area contributed by atoms with Crippen LogP contribution in [0.5, 0.6) is 5.75 Å². The van der Waals surface area contributed by atoms with Gasteiger partial charge in [0.1, 0.15) is 31.1 Å². The Balaban J connectivity index is 1.35. The molecule has 0 heterocycles. The highest BCUT2D eigenvalue weighted by atomic mass is 16.5. The van der Waals surface area contributed by atoms with Crippen LogP contribution in [0.4, 0.5) is 0 Å². The van der Waals surface area contributed by atoms with Crippen LogP contribution in [-0.2, 0) is 19.3 Å². The molecule has 4 rings (SSSR count). The summed E-state index contributed by atoms with van der Waals surface area (Å²) in [5.41, 5.74) is 6.57. The van der Waals surface area contributed by atoms with Crippen molar-refractivity contribution in [2.45, 2.75) is 38.2 Å². The van der Waals surface area contributed by atoms with Crippen molar-refractivity contribution < 1.29 is 24.2 Å². The molecule has 0 bridgehead atoms. The van der Waals surface area contributed by atoms with Gasteiger partial charge in [-0.2, -0.15) is 5.26 Å². The summed E-state index contributed by atoms with van der Waals surface area (Å²) in [5.74, 6) is -0.575. The molecule has 1 atom stereocenters. The Morgan fingerprint density at radius 2 is 1.70 bits per heavy atom. The van der Waals surface area contributed by atoms with E-state index in [0.29, 0.717) is 22.3 Å². The van der Waals surface area contributed by atoms with Gasteiger partial charge in [-0.1, -0.05) is 36.4 Å². The average molecular weight is 500 g/mol. The van der Waals surface area contributed by atoms with Gasteiger partial charge in [0.2, 0.25) is 0 Å². The predicted molar refractivity (Wildman–Crippen MR) is 144 cm³/mol. The number of hydrogen-bond donors (Lipinski definition) is 2. The van der Waals surface area contributed by atoms with Gasteiger partial charge in [0, 0.05) is 6.42 Å². The normalized spacial score (nSPS) is 13.9. The number of nitriles is 1. The Morgan fingerprint density at radius 1 is 1.00 bits per heavy atom. The number of nitrogens with zero attached hydrogens (tertiary/aromatic N) is 2. The first-order valence-corrected chi connectivity index (χ1v) is 12.9. The maximum Gasteiger partial charge on any atom is 0.335 e. The molecule has 6 nitrogen and oxygen atoms in total. The highest BCUT2D eigenvalue weighted by Gasteiger charge is 2.22. The quantitative estimate of drug-likeness (QED) is 0.389. The number of aliphatic hydroxyl groups excluding tert-OH is 1. The standard InChI is InChI=1S/C31H34N2O4/c1-33(2,16-15-22-7-8-23-5-3-4-6-26(23)17-22)20-29(34)21-37-30-18-27(13-14-28(30)19-32)24-9-11-25(12-10-24)31(35)36/h7-14,17-18,29,34H,3-6,15-16,20-21H2,1-2H3/p+1/t29-/m1/s1. The van der Waals surface area contributed by atoms with Crippen molar-refractivity contribution in [3.05, 3.63) is 88.5 Å². The molecule has 3 aromatic carbocycles. The van der Waals surface area contributed by atoms with E-state index in [9.17, 15) is 15.2 Å². The maximum atomic E-state index is 11.1. The minimum Gasteiger partial charge on any atom is -0.489 e. The Bertz CT molecular complexity index is 1290. The van der Waals surface area contributed by atoms with E-state index in [1.54, 1.807) is 42.5 Å². The molecule has 0 aromatic heterocycles. The molecule has 3 aromatic rings. The number of carboxylic acid groups (broad SMARTS) is 1. The number of carbonyl (C=O) groups is 1. The number of ether oxygens (including phenoxy) is 1. The van der Waals surface area contributed by atoms with Gasteiger partial charge in [-0.3, -0.25) is 0 Å². The number of aliphatic hydroxyl groups is 1. The zero-order valence-corrected chi connectivity index (χ0v) is 21.6. The molecule has 6 heteroatoms. The van der Waals surface area contributed by atoms with Crippen LogP contribution in [0, 0.1) is 11.3 Å². The van der Waals surface area contributed by atoms with Gasteiger partial charge in [-0.15, -0.1) is 0 Å². The predicted octanol–water partition coefficient (Wildman–Crippen LogP) is 4.86. The molecule has 0 spiro atoms. The molecule has 0 amide bonds. The van der Waals surface area contributed by atoms with E-state index in [4.69, 9.17) is 9.84 Å². The second kappa shape index (κ2) is 11.6. The van der Waals surface area contributed by atoms with Crippen LogP contribution in [0.2, 0.25) is 0 Å². The van der Waals surface area contributed by atoms with Gasteiger partial charge in [0.05, 0.1) is 31.8 Å². The maximum absolute atomic E-state index is 11.1. The van der Waals surface area contributed by atoms with Crippen molar-refractivity contribution in [1.82, 2.24) is 0 Å². The van der Waals surface area contributed by atoms with Crippen LogP contribution in [-0.4, -0.2) is 60.6 Å². The van der Waals surface area contributed by atoms with E-state index >= 15 is 0 Å². The Hall–Kier alpha value is -3.66. The molecule has 0 saturated carbocycles. The average Bonchev–Trinajstić information content (AvgIpc) is 2.90. The smallest absolute Gasteiger partial charge is 0.335 e. The van der Waals surface area contributed by atoms with Gasteiger partial charge < -0.3 is 19.4 Å². The summed E-state index contributed by atoms with van der Waals surface area (Å²) in [6.07, 6.45) is 5.19. The summed E-state index contributed by atoms with van der Waals surface area (Å²) in [4.78, 5) is 11.1. The summed E-state index contributed by atoms with van der Waals surface area (Å²) in [6.45, 7) is 1.51. The Labute approximate surface area is 219 Å². The second-order valence-corrected chi connectivity index (χ2v) is 10.6. The second-order valence-electron chi connectivity index (χ2n) is 10.6. The van der Waals surface area contributed by atoms with Gasteiger partial charge in [-0.05, 0) is 77.8 Å². The summed E-state index contributed by atoms with van der Waals surface area (Å²) in [6, 6.07) is 20.8. The first-order chi connectivity index (χ1) is 17.7. The van der Waals surface area contributed by atoms with E-state index in [-0.39, 0.29) is 12.2 Å². The number of benzene rings is 3. The lowest BCUT2D eigenvalue weighted by Crippen LogP contribution is -2.48. The molecular formula is C31H35N2O4+. The summed E-state index contributed by atoms with van der Waals surface area (Å²) < 4.78 is 6.56. The van der Waals surface area contributed by atoms with Crippen molar-refractivity contribution in [1.29, 1.82) is 5.26 Å². The third-order valence-electron chi connectivity index (χ3n) is 7.12. The van der Waals surface area contributed by atoms with E-state index in [0.717, 1.165) is 24.1 Å². The molecule has 37 heavy (non-hydrogen) atoms. The molecular weight excluding hydrogens is 464 g/mol. The summed E-state index contributed by atoms with van der Waals surface area (Å²) >= 11 is 0. The number of fused-ring (bicyclic) bond motifs is 1. The van der Waals surface area contributed by atoms with Crippen molar-refractivity contribution in [3.8, 4) is 22.9 Å². The van der Waals surface area contributed by atoms with Gasteiger partial charge in [0.15, 0.2) is 0 Å². The fourth-order valence-electron chi connectivity index (χ4n) is 4.99. The van der Waals surface area contributed by atoms with E-state index in [1.807, 2.05) is 0 Å². The SMILES string of the molecule is C[N+](C)(CCc1ccc2c(c1)CCCC2)C[C@@H](O)COc1cc(-c2ccc(C(=O)O)cc2)ccc1C#N. The third kappa shape index (κ3) is 6.97. The van der Waals surface area contributed by atoms with E-state index in [1.165, 1.54) is 42.4 Å². The molecule has 1 aliphatic carbocycles. The number of aromatic carboxylic acids is 1. The van der Waals surface area contributed by atoms with Crippen LogP contribution >= 0.6 is 0 Å². The highest BCUT2D eigenvalue weighted by Crippen LogP contribution is 2.28. The fraction of sp³-hybridized carbons (Fsp3) is 0.355. The molecule has 0 aliphatic heterocycles. The lowest BCUT2D eigenvalue weighted by atomic mass is 9.90. The van der Waals surface area contributed by atoms with Crippen LogP contribution in [0.1, 0.15) is 45.5 Å². The molecule has 2 N–H and O–H groups in total. The van der Waals surface area contributed by atoms with Crippen molar-refractivity contribution in [3.63, 3.8) is 0 Å². The first kappa shape index (κ1) is 26.4. The molecule has 0 unspecified atom stereocenters. The van der Waals surface area contributed by atoms with Gasteiger partial charge >= 0.3 is 5.97 Å². The first-order valence-electron chi connectivity index (χ1n) is 12.9. The van der Waals surface area contributed by atoms with Crippen LogP contribution in [0.15, 0.2) is 60.7 Å². The molecule has 192 valence electrons. The zero-order chi connectivity index (χ0) is 26.4. The lowest BCUT2D eigenvalue weighted by Gasteiger charge is -2.32. The number of hydrogen-bond acceptors (Lipinski definition) is 4. The monoisotopic (exact) mass is 499 g/mol. The number of quaternary nitrogens is 1.